The largest absolute Gasteiger partial charge is 0.465 e. The van der Waals surface area contributed by atoms with E-state index in [4.69, 9.17) is 11.6 Å². The number of carbonyl (C=O) groups is 2. The normalized spacial score (nSPS) is 10.2. The average Bonchev–Trinajstić information content (AvgIpc) is 2.53. The minimum atomic E-state index is -0.421. The minimum absolute atomic E-state index is 0.0844. The minimum Gasteiger partial charge on any atom is -0.465 e. The van der Waals surface area contributed by atoms with Gasteiger partial charge in [-0.1, -0.05) is 24.9 Å². The molecule has 6 heteroatoms. The molecule has 0 aromatic heterocycles. The summed E-state index contributed by atoms with van der Waals surface area (Å²) in [5, 5.41) is 3.59. The molecule has 5 nitrogen and oxygen atoms in total. The van der Waals surface area contributed by atoms with Crippen LogP contribution in [0.5, 0.6) is 0 Å². The molecule has 0 atom stereocenters. The van der Waals surface area contributed by atoms with E-state index in [1.807, 2.05) is 7.05 Å². The molecular formula is C16H23ClN2O3. The second kappa shape index (κ2) is 9.30. The smallest absolute Gasteiger partial charge is 0.337 e. The van der Waals surface area contributed by atoms with Crippen LogP contribution in [0.1, 0.15) is 36.5 Å². The van der Waals surface area contributed by atoms with E-state index in [0.29, 0.717) is 29.2 Å². The van der Waals surface area contributed by atoms with Gasteiger partial charge in [-0.05, 0) is 24.6 Å². The van der Waals surface area contributed by atoms with Crippen LogP contribution < -0.4 is 5.32 Å². The van der Waals surface area contributed by atoms with Crippen molar-refractivity contribution in [3.8, 4) is 0 Å². The first-order valence-electron chi connectivity index (χ1n) is 7.35. The van der Waals surface area contributed by atoms with Crippen molar-refractivity contribution in [1.29, 1.82) is 0 Å². The fourth-order valence-corrected chi connectivity index (χ4v) is 2.10. The lowest BCUT2D eigenvalue weighted by atomic mass is 10.2. The Bertz CT molecular complexity index is 520. The van der Waals surface area contributed by atoms with E-state index in [0.717, 1.165) is 19.4 Å². The van der Waals surface area contributed by atoms with Gasteiger partial charge in [0, 0.05) is 26.6 Å². The Morgan fingerprint density at radius 3 is 2.73 bits per heavy atom. The molecule has 122 valence electrons. The number of amides is 1. The molecule has 0 fully saturated rings. The third-order valence-corrected chi connectivity index (χ3v) is 3.64. The molecule has 0 radical (unpaired) electrons. The number of esters is 1. The standard InChI is InChI=1S/C16H23ClN2O3/c1-4-5-10-19(2)15(20)8-9-18-14-11-12(16(21)22-3)6-7-13(14)17/h6-7,11,18H,4-5,8-10H2,1-3H3. The number of unbranched alkanes of at least 4 members (excludes halogenated alkanes) is 1. The van der Waals surface area contributed by atoms with Crippen LogP contribution in [0.4, 0.5) is 5.69 Å². The van der Waals surface area contributed by atoms with Crippen molar-refractivity contribution >= 4 is 29.2 Å². The number of ether oxygens (including phenoxy) is 1. The third kappa shape index (κ3) is 5.56. The van der Waals surface area contributed by atoms with E-state index in [-0.39, 0.29) is 5.91 Å². The van der Waals surface area contributed by atoms with Gasteiger partial charge in [0.25, 0.3) is 0 Å². The number of nitrogens with one attached hydrogen (secondary N) is 1. The van der Waals surface area contributed by atoms with Crippen LogP contribution in [-0.2, 0) is 9.53 Å². The molecule has 22 heavy (non-hydrogen) atoms. The Kier molecular flexibility index (Phi) is 7.74. The summed E-state index contributed by atoms with van der Waals surface area (Å²) in [7, 11) is 3.14. The van der Waals surface area contributed by atoms with Gasteiger partial charge in [-0.15, -0.1) is 0 Å². The molecule has 1 aromatic carbocycles. The lowest BCUT2D eigenvalue weighted by Gasteiger charge is -2.17. The highest BCUT2D eigenvalue weighted by atomic mass is 35.5. The maximum Gasteiger partial charge on any atom is 0.337 e. The summed E-state index contributed by atoms with van der Waals surface area (Å²) >= 11 is 6.08. The van der Waals surface area contributed by atoms with E-state index in [1.54, 1.807) is 23.1 Å². The summed E-state index contributed by atoms with van der Waals surface area (Å²) in [6.07, 6.45) is 2.44. The summed E-state index contributed by atoms with van der Waals surface area (Å²) in [6, 6.07) is 4.85. The number of halogens is 1. The summed E-state index contributed by atoms with van der Waals surface area (Å²) in [5.74, 6) is -0.337. The molecule has 1 amide bonds. The average molecular weight is 327 g/mol. The maximum atomic E-state index is 11.9. The molecule has 0 heterocycles. The Balaban J connectivity index is 2.54. The zero-order valence-corrected chi connectivity index (χ0v) is 14.1. The van der Waals surface area contributed by atoms with Crippen LogP contribution in [0.3, 0.4) is 0 Å². The van der Waals surface area contributed by atoms with Crippen LogP contribution >= 0.6 is 11.6 Å². The first-order valence-corrected chi connectivity index (χ1v) is 7.73. The molecule has 0 saturated heterocycles. The molecule has 1 N–H and O–H groups in total. The predicted octanol–water partition coefficient (Wildman–Crippen LogP) is 3.19. The van der Waals surface area contributed by atoms with E-state index in [2.05, 4.69) is 17.0 Å². The number of nitrogens with zero attached hydrogens (tertiary/aromatic N) is 1. The molecule has 0 unspecified atom stereocenters. The first-order chi connectivity index (χ1) is 10.5. The maximum absolute atomic E-state index is 11.9. The number of hydrogen-bond donors (Lipinski definition) is 1. The van der Waals surface area contributed by atoms with Gasteiger partial charge < -0.3 is 15.0 Å². The lowest BCUT2D eigenvalue weighted by Crippen LogP contribution is -2.29. The van der Waals surface area contributed by atoms with Gasteiger partial charge in [0.2, 0.25) is 5.91 Å². The van der Waals surface area contributed by atoms with Crippen LogP contribution in [0.2, 0.25) is 5.02 Å². The molecule has 0 aliphatic carbocycles. The van der Waals surface area contributed by atoms with Crippen molar-refractivity contribution in [2.45, 2.75) is 26.2 Å². The molecular weight excluding hydrogens is 304 g/mol. The second-order valence-electron chi connectivity index (χ2n) is 5.03. The van der Waals surface area contributed by atoms with Crippen molar-refractivity contribution in [3.05, 3.63) is 28.8 Å². The van der Waals surface area contributed by atoms with Crippen LogP contribution in [0.25, 0.3) is 0 Å². The summed E-state index contributed by atoms with van der Waals surface area (Å²) in [4.78, 5) is 25.2. The summed E-state index contributed by atoms with van der Waals surface area (Å²) < 4.78 is 4.67. The number of carbonyl (C=O) groups excluding carboxylic acids is 2. The molecule has 0 aliphatic heterocycles. The molecule has 0 aliphatic rings. The predicted molar refractivity (Wildman–Crippen MR) is 88.4 cm³/mol. The van der Waals surface area contributed by atoms with Gasteiger partial charge in [-0.3, -0.25) is 4.79 Å². The summed E-state index contributed by atoms with van der Waals surface area (Å²) in [5.41, 5.74) is 1.04. The Morgan fingerprint density at radius 1 is 1.36 bits per heavy atom. The fourth-order valence-electron chi connectivity index (χ4n) is 1.92. The van der Waals surface area contributed by atoms with E-state index in [1.165, 1.54) is 7.11 Å². The van der Waals surface area contributed by atoms with Gasteiger partial charge in [-0.25, -0.2) is 4.79 Å². The number of rotatable bonds is 8. The Morgan fingerprint density at radius 2 is 2.09 bits per heavy atom. The number of anilines is 1. The summed E-state index contributed by atoms with van der Waals surface area (Å²) in [6.45, 7) is 3.32. The van der Waals surface area contributed by atoms with Gasteiger partial charge in [-0.2, -0.15) is 0 Å². The SMILES string of the molecule is CCCCN(C)C(=O)CCNc1cc(C(=O)OC)ccc1Cl. The third-order valence-electron chi connectivity index (χ3n) is 3.31. The van der Waals surface area contributed by atoms with E-state index >= 15 is 0 Å². The fraction of sp³-hybridized carbons (Fsp3) is 0.500. The Labute approximate surface area is 136 Å². The van der Waals surface area contributed by atoms with Gasteiger partial charge in [0.1, 0.15) is 0 Å². The van der Waals surface area contributed by atoms with Crippen LogP contribution in [-0.4, -0.2) is 44.0 Å². The van der Waals surface area contributed by atoms with Crippen molar-refractivity contribution in [3.63, 3.8) is 0 Å². The van der Waals surface area contributed by atoms with Crippen molar-refractivity contribution in [2.24, 2.45) is 0 Å². The zero-order chi connectivity index (χ0) is 16.5. The van der Waals surface area contributed by atoms with Gasteiger partial charge >= 0.3 is 5.97 Å². The number of methoxy groups -OCH3 is 1. The number of hydrogen-bond acceptors (Lipinski definition) is 4. The highest BCUT2D eigenvalue weighted by molar-refractivity contribution is 6.33. The first kappa shape index (κ1) is 18.3. The molecule has 0 saturated carbocycles. The van der Waals surface area contributed by atoms with Crippen LogP contribution in [0.15, 0.2) is 18.2 Å². The van der Waals surface area contributed by atoms with Crippen molar-refractivity contribution in [2.75, 3.05) is 32.6 Å². The molecule has 1 rings (SSSR count). The zero-order valence-electron chi connectivity index (χ0n) is 13.3. The van der Waals surface area contributed by atoms with Crippen LogP contribution in [0, 0.1) is 0 Å². The molecule has 0 spiro atoms. The lowest BCUT2D eigenvalue weighted by molar-refractivity contribution is -0.129. The van der Waals surface area contributed by atoms with E-state index < -0.39 is 5.97 Å². The van der Waals surface area contributed by atoms with Crippen molar-refractivity contribution in [1.82, 2.24) is 4.90 Å². The molecule has 0 bridgehead atoms. The highest BCUT2D eigenvalue weighted by Gasteiger charge is 2.10. The van der Waals surface area contributed by atoms with Gasteiger partial charge in [0.05, 0.1) is 23.4 Å². The highest BCUT2D eigenvalue weighted by Crippen LogP contribution is 2.23. The number of benzene rings is 1. The van der Waals surface area contributed by atoms with Crippen molar-refractivity contribution < 1.29 is 14.3 Å². The topological polar surface area (TPSA) is 58.6 Å². The van der Waals surface area contributed by atoms with E-state index in [9.17, 15) is 9.59 Å². The monoisotopic (exact) mass is 326 g/mol. The Hall–Kier alpha value is -1.75. The quantitative estimate of drug-likeness (QED) is 0.745. The second-order valence-corrected chi connectivity index (χ2v) is 5.44. The van der Waals surface area contributed by atoms with Gasteiger partial charge in [0.15, 0.2) is 0 Å². The molecule has 1 aromatic rings.